The molecule has 1 fully saturated rings. The highest BCUT2D eigenvalue weighted by atomic mass is 19.2. The van der Waals surface area contributed by atoms with Gasteiger partial charge in [-0.05, 0) is 6.42 Å². The molecule has 1 aromatic carbocycles. The van der Waals surface area contributed by atoms with E-state index in [2.05, 4.69) is 0 Å². The molecule has 1 aliphatic heterocycles. The molecule has 1 aromatic rings. The zero-order chi connectivity index (χ0) is 13.4. The summed E-state index contributed by atoms with van der Waals surface area (Å²) in [5.41, 5.74) is -0.568. The van der Waals surface area contributed by atoms with Crippen molar-refractivity contribution in [2.75, 3.05) is 11.4 Å². The second-order valence-electron chi connectivity index (χ2n) is 3.89. The van der Waals surface area contributed by atoms with E-state index in [-0.39, 0.29) is 13.0 Å². The maximum absolute atomic E-state index is 13.5. The Morgan fingerprint density at radius 3 is 2.56 bits per heavy atom. The van der Waals surface area contributed by atoms with Gasteiger partial charge in [0, 0.05) is 18.7 Å². The molecule has 7 heteroatoms. The predicted octanol–water partition coefficient (Wildman–Crippen LogP) is 1.54. The third-order valence-electron chi connectivity index (χ3n) is 2.77. The van der Waals surface area contributed by atoms with E-state index in [4.69, 9.17) is 5.11 Å². The molecule has 0 aliphatic carbocycles. The van der Waals surface area contributed by atoms with Crippen molar-refractivity contribution in [1.82, 2.24) is 0 Å². The molecular formula is C11H8F3NO3. The lowest BCUT2D eigenvalue weighted by molar-refractivity contribution is -0.144. The van der Waals surface area contributed by atoms with E-state index in [0.717, 1.165) is 4.90 Å². The van der Waals surface area contributed by atoms with Gasteiger partial charge in [0.25, 0.3) is 0 Å². The van der Waals surface area contributed by atoms with Gasteiger partial charge in [0.05, 0.1) is 5.69 Å². The minimum atomic E-state index is -1.42. The summed E-state index contributed by atoms with van der Waals surface area (Å²) in [6.07, 6.45) is -0.0221. The summed E-state index contributed by atoms with van der Waals surface area (Å²) < 4.78 is 39.4. The van der Waals surface area contributed by atoms with E-state index in [1.165, 1.54) is 0 Å². The number of benzene rings is 1. The first-order valence-corrected chi connectivity index (χ1v) is 5.10. The van der Waals surface area contributed by atoms with Crippen LogP contribution in [0.4, 0.5) is 18.9 Å². The van der Waals surface area contributed by atoms with Gasteiger partial charge in [0.1, 0.15) is 11.7 Å². The first kappa shape index (κ1) is 12.4. The summed E-state index contributed by atoms with van der Waals surface area (Å²) in [7, 11) is 0. The number of hydrogen-bond acceptors (Lipinski definition) is 2. The number of hydrogen-bond donors (Lipinski definition) is 1. The summed E-state index contributed by atoms with van der Waals surface area (Å²) in [6.45, 7) is -0.0877. The molecule has 18 heavy (non-hydrogen) atoms. The highest BCUT2D eigenvalue weighted by Gasteiger charge is 2.39. The molecule has 1 saturated heterocycles. The second-order valence-corrected chi connectivity index (χ2v) is 3.89. The highest BCUT2D eigenvalue weighted by molar-refractivity contribution is 6.07. The molecule has 1 atom stereocenters. The third kappa shape index (κ3) is 1.92. The van der Waals surface area contributed by atoms with Gasteiger partial charge < -0.3 is 10.0 Å². The normalized spacial score (nSPS) is 19.4. The minimum absolute atomic E-state index is 0.0221. The van der Waals surface area contributed by atoms with Crippen LogP contribution in [0.3, 0.4) is 0 Å². The number of halogens is 3. The molecule has 1 aliphatic rings. The van der Waals surface area contributed by atoms with Crippen molar-refractivity contribution in [3.05, 3.63) is 29.6 Å². The van der Waals surface area contributed by atoms with Crippen molar-refractivity contribution in [3.63, 3.8) is 0 Å². The SMILES string of the molecule is O=C(O)C1CCN(c2cc(F)cc(F)c2F)C1=O. The summed E-state index contributed by atoms with van der Waals surface area (Å²) in [4.78, 5) is 23.1. The van der Waals surface area contributed by atoms with Crippen molar-refractivity contribution in [1.29, 1.82) is 0 Å². The fraction of sp³-hybridized carbons (Fsp3) is 0.273. The van der Waals surface area contributed by atoms with Gasteiger partial charge in [-0.25, -0.2) is 13.2 Å². The minimum Gasteiger partial charge on any atom is -0.481 e. The van der Waals surface area contributed by atoms with E-state index < -0.39 is 40.9 Å². The molecule has 4 nitrogen and oxygen atoms in total. The van der Waals surface area contributed by atoms with Gasteiger partial charge in [-0.3, -0.25) is 9.59 Å². The number of carboxylic acids is 1. The number of aliphatic carboxylic acids is 1. The fourth-order valence-corrected chi connectivity index (χ4v) is 1.89. The number of carboxylic acid groups (broad SMARTS) is 1. The highest BCUT2D eigenvalue weighted by Crippen LogP contribution is 2.29. The van der Waals surface area contributed by atoms with Crippen LogP contribution >= 0.6 is 0 Å². The molecule has 0 radical (unpaired) electrons. The van der Waals surface area contributed by atoms with Crippen LogP contribution in [0, 0.1) is 23.4 Å². The van der Waals surface area contributed by atoms with E-state index in [1.54, 1.807) is 0 Å². The Hall–Kier alpha value is -2.05. The quantitative estimate of drug-likeness (QED) is 0.647. The Balaban J connectivity index is 2.40. The monoisotopic (exact) mass is 259 g/mol. The van der Waals surface area contributed by atoms with Crippen LogP contribution in [0.2, 0.25) is 0 Å². The second kappa shape index (κ2) is 4.32. The molecule has 96 valence electrons. The van der Waals surface area contributed by atoms with Crippen LogP contribution < -0.4 is 4.90 Å². The summed E-state index contributed by atoms with van der Waals surface area (Å²) in [5, 5.41) is 8.74. The zero-order valence-electron chi connectivity index (χ0n) is 8.99. The van der Waals surface area contributed by atoms with Crippen LogP contribution in [0.1, 0.15) is 6.42 Å². The molecule has 1 N–H and O–H groups in total. The van der Waals surface area contributed by atoms with Crippen molar-refractivity contribution in [2.45, 2.75) is 6.42 Å². The maximum atomic E-state index is 13.5. The first-order chi connectivity index (χ1) is 8.41. The molecule has 0 aromatic heterocycles. The zero-order valence-corrected chi connectivity index (χ0v) is 8.99. The molecule has 0 spiro atoms. The lowest BCUT2D eigenvalue weighted by atomic mass is 10.1. The Bertz CT molecular complexity index is 533. The van der Waals surface area contributed by atoms with E-state index in [9.17, 15) is 22.8 Å². The Labute approximate surface area is 99.6 Å². The van der Waals surface area contributed by atoms with Gasteiger partial charge in [0.15, 0.2) is 11.6 Å². The Morgan fingerprint density at radius 2 is 2.00 bits per heavy atom. The molecule has 1 unspecified atom stereocenters. The lowest BCUT2D eigenvalue weighted by Crippen LogP contribution is -2.31. The van der Waals surface area contributed by atoms with Crippen molar-refractivity contribution in [3.8, 4) is 0 Å². The van der Waals surface area contributed by atoms with Gasteiger partial charge in [0.2, 0.25) is 5.91 Å². The van der Waals surface area contributed by atoms with Crippen molar-refractivity contribution >= 4 is 17.6 Å². The van der Waals surface area contributed by atoms with Crippen LogP contribution in [0.5, 0.6) is 0 Å². The molecule has 1 heterocycles. The average Bonchev–Trinajstić information content (AvgIpc) is 2.65. The smallest absolute Gasteiger partial charge is 0.316 e. The van der Waals surface area contributed by atoms with Crippen LogP contribution in [0.15, 0.2) is 12.1 Å². The number of carbonyl (C=O) groups is 2. The standard InChI is InChI=1S/C11H8F3NO3/c12-5-3-7(13)9(14)8(4-5)15-2-1-6(10(15)16)11(17)18/h3-4,6H,1-2H2,(H,17,18). The van der Waals surface area contributed by atoms with Gasteiger partial charge in [-0.2, -0.15) is 0 Å². The Kier molecular flexibility index (Phi) is 2.98. The topological polar surface area (TPSA) is 57.6 Å². The predicted molar refractivity (Wildman–Crippen MR) is 54.4 cm³/mol. The van der Waals surface area contributed by atoms with Crippen LogP contribution in [-0.4, -0.2) is 23.5 Å². The molecule has 0 saturated carbocycles. The van der Waals surface area contributed by atoms with Crippen molar-refractivity contribution < 1.29 is 27.9 Å². The van der Waals surface area contributed by atoms with E-state index >= 15 is 0 Å². The maximum Gasteiger partial charge on any atom is 0.316 e. The molecular weight excluding hydrogens is 251 g/mol. The molecule has 2 rings (SSSR count). The number of amides is 1. The van der Waals surface area contributed by atoms with E-state index in [1.807, 2.05) is 0 Å². The van der Waals surface area contributed by atoms with Crippen LogP contribution in [0.25, 0.3) is 0 Å². The average molecular weight is 259 g/mol. The first-order valence-electron chi connectivity index (χ1n) is 5.10. The summed E-state index contributed by atoms with van der Waals surface area (Å²) in [6, 6.07) is 1.02. The number of anilines is 1. The summed E-state index contributed by atoms with van der Waals surface area (Å²) >= 11 is 0. The molecule has 1 amide bonds. The van der Waals surface area contributed by atoms with Crippen molar-refractivity contribution in [2.24, 2.45) is 5.92 Å². The van der Waals surface area contributed by atoms with Gasteiger partial charge in [-0.1, -0.05) is 0 Å². The summed E-state index contributed by atoms with van der Waals surface area (Å²) in [5.74, 6) is -7.32. The van der Waals surface area contributed by atoms with E-state index in [0.29, 0.717) is 12.1 Å². The van der Waals surface area contributed by atoms with Gasteiger partial charge >= 0.3 is 5.97 Å². The number of carbonyl (C=O) groups excluding carboxylic acids is 1. The number of rotatable bonds is 2. The lowest BCUT2D eigenvalue weighted by Gasteiger charge is -2.17. The Morgan fingerprint density at radius 1 is 1.33 bits per heavy atom. The van der Waals surface area contributed by atoms with Gasteiger partial charge in [-0.15, -0.1) is 0 Å². The molecule has 0 bridgehead atoms. The van der Waals surface area contributed by atoms with Crippen LogP contribution in [-0.2, 0) is 9.59 Å². The largest absolute Gasteiger partial charge is 0.481 e. The number of nitrogens with zero attached hydrogens (tertiary/aromatic N) is 1. The third-order valence-corrected chi connectivity index (χ3v) is 2.77. The fourth-order valence-electron chi connectivity index (χ4n) is 1.89.